The molecule has 1 aromatic carbocycles. The number of nitrogens with one attached hydrogen (secondary N) is 1. The van der Waals surface area contributed by atoms with Crippen LogP contribution in [0.15, 0.2) is 35.9 Å². The molecule has 1 aromatic rings. The Morgan fingerprint density at radius 1 is 1.43 bits per heavy atom. The van der Waals surface area contributed by atoms with Crippen molar-refractivity contribution in [3.63, 3.8) is 0 Å². The van der Waals surface area contributed by atoms with Crippen molar-refractivity contribution in [2.75, 3.05) is 20.3 Å². The molecule has 23 heavy (non-hydrogen) atoms. The van der Waals surface area contributed by atoms with Crippen molar-refractivity contribution in [3.8, 4) is 5.75 Å². The number of halogens is 1. The van der Waals surface area contributed by atoms with Crippen LogP contribution < -0.4 is 10.1 Å². The molecule has 0 saturated heterocycles. The zero-order valence-corrected chi connectivity index (χ0v) is 14.9. The van der Waals surface area contributed by atoms with Crippen molar-refractivity contribution in [3.05, 3.63) is 39.5 Å². The molecule has 3 atom stereocenters. The molecular formula is C16H20INO5. The number of benzene rings is 1. The van der Waals surface area contributed by atoms with E-state index in [0.29, 0.717) is 18.9 Å². The second-order valence-corrected chi connectivity index (χ2v) is 6.42. The molecule has 3 N–H and O–H groups in total. The van der Waals surface area contributed by atoms with E-state index < -0.39 is 24.2 Å². The van der Waals surface area contributed by atoms with Gasteiger partial charge in [0.15, 0.2) is 0 Å². The minimum absolute atomic E-state index is 0.237. The quantitative estimate of drug-likeness (QED) is 0.446. The number of aliphatic carboxylic acids is 1. The Morgan fingerprint density at radius 3 is 2.83 bits per heavy atom. The molecule has 0 amide bonds. The van der Waals surface area contributed by atoms with E-state index in [1.807, 2.05) is 18.2 Å². The zero-order valence-electron chi connectivity index (χ0n) is 12.7. The van der Waals surface area contributed by atoms with Gasteiger partial charge in [-0.2, -0.15) is 0 Å². The summed E-state index contributed by atoms with van der Waals surface area (Å²) >= 11 is 2.14. The maximum absolute atomic E-state index is 11.3. The third-order valence-corrected chi connectivity index (χ3v) is 4.53. The molecule has 1 aliphatic rings. The fraction of sp³-hybridized carbons (Fsp3) is 0.438. The van der Waals surface area contributed by atoms with Crippen LogP contribution in [0.2, 0.25) is 0 Å². The minimum Gasteiger partial charge on any atom is -0.482 e. The second-order valence-electron chi connectivity index (χ2n) is 5.26. The average Bonchev–Trinajstić information content (AvgIpc) is 2.52. The van der Waals surface area contributed by atoms with E-state index in [9.17, 15) is 15.0 Å². The number of carbonyl (C=O) groups is 1. The Bertz CT molecular complexity index is 577. The van der Waals surface area contributed by atoms with Crippen molar-refractivity contribution in [2.45, 2.75) is 24.7 Å². The summed E-state index contributed by atoms with van der Waals surface area (Å²) < 4.78 is 11.7. The Hall–Kier alpha value is -1.16. The van der Waals surface area contributed by atoms with E-state index in [4.69, 9.17) is 9.47 Å². The molecule has 0 heterocycles. The molecular weight excluding hydrogens is 413 g/mol. The van der Waals surface area contributed by atoms with E-state index in [1.54, 1.807) is 13.2 Å². The molecule has 1 aliphatic carbocycles. The third-order valence-electron chi connectivity index (χ3n) is 3.64. The predicted molar refractivity (Wildman–Crippen MR) is 93.6 cm³/mol. The molecule has 0 spiro atoms. The summed E-state index contributed by atoms with van der Waals surface area (Å²) in [6.45, 7) is 1.01. The van der Waals surface area contributed by atoms with Gasteiger partial charge in [-0.15, -0.1) is 0 Å². The maximum atomic E-state index is 11.3. The maximum Gasteiger partial charge on any atom is 0.331 e. The summed E-state index contributed by atoms with van der Waals surface area (Å²) in [5, 5.41) is 22.9. The molecule has 0 saturated carbocycles. The highest BCUT2D eigenvalue weighted by molar-refractivity contribution is 14.1. The Morgan fingerprint density at radius 2 is 2.17 bits per heavy atom. The number of aliphatic hydroxyl groups is 1. The largest absolute Gasteiger partial charge is 0.482 e. The van der Waals surface area contributed by atoms with Gasteiger partial charge < -0.3 is 25.0 Å². The average molecular weight is 433 g/mol. The van der Waals surface area contributed by atoms with Gasteiger partial charge in [0, 0.05) is 25.3 Å². The van der Waals surface area contributed by atoms with Crippen molar-refractivity contribution in [1.29, 1.82) is 0 Å². The van der Waals surface area contributed by atoms with E-state index in [2.05, 4.69) is 27.9 Å². The van der Waals surface area contributed by atoms with Gasteiger partial charge in [0.25, 0.3) is 0 Å². The number of rotatable bonds is 7. The molecule has 0 unspecified atom stereocenters. The highest BCUT2D eigenvalue weighted by Gasteiger charge is 2.35. The van der Waals surface area contributed by atoms with E-state index in [1.165, 1.54) is 6.08 Å². The van der Waals surface area contributed by atoms with Crippen LogP contribution in [-0.2, 0) is 9.53 Å². The number of methoxy groups -OCH3 is 1. The molecule has 126 valence electrons. The van der Waals surface area contributed by atoms with Gasteiger partial charge in [-0.25, -0.2) is 4.79 Å². The highest BCUT2D eigenvalue weighted by atomic mass is 127. The number of para-hydroxylation sites is 1. The van der Waals surface area contributed by atoms with Crippen molar-refractivity contribution < 1.29 is 24.5 Å². The SMILES string of the molecule is COCCN[C@@H]1CC(C(=O)O)=C[C@H](Oc2ccccc2I)[C@H]1O. The monoisotopic (exact) mass is 433 g/mol. The van der Waals surface area contributed by atoms with Crippen LogP contribution in [0.25, 0.3) is 0 Å². The minimum atomic E-state index is -0.994. The molecule has 2 rings (SSSR count). The van der Waals surface area contributed by atoms with Crippen LogP contribution in [0.4, 0.5) is 0 Å². The summed E-state index contributed by atoms with van der Waals surface area (Å²) in [5.74, 6) is -0.373. The second kappa shape index (κ2) is 8.62. The van der Waals surface area contributed by atoms with E-state index >= 15 is 0 Å². The lowest BCUT2D eigenvalue weighted by molar-refractivity contribution is -0.133. The first-order valence-corrected chi connectivity index (χ1v) is 8.36. The van der Waals surface area contributed by atoms with Gasteiger partial charge in [0.2, 0.25) is 0 Å². The lowest BCUT2D eigenvalue weighted by Crippen LogP contribution is -2.51. The summed E-state index contributed by atoms with van der Waals surface area (Å²) in [6, 6.07) is 7.02. The number of ether oxygens (including phenoxy) is 2. The van der Waals surface area contributed by atoms with Crippen LogP contribution in [-0.4, -0.2) is 54.7 Å². The number of aliphatic hydroxyl groups excluding tert-OH is 1. The van der Waals surface area contributed by atoms with Gasteiger partial charge in [-0.3, -0.25) is 0 Å². The highest BCUT2D eigenvalue weighted by Crippen LogP contribution is 2.27. The van der Waals surface area contributed by atoms with Crippen molar-refractivity contribution in [2.24, 2.45) is 0 Å². The van der Waals surface area contributed by atoms with Gasteiger partial charge in [-0.05, 0) is 47.2 Å². The van der Waals surface area contributed by atoms with Crippen molar-refractivity contribution in [1.82, 2.24) is 5.32 Å². The predicted octanol–water partition coefficient (Wildman–Crippen LogP) is 1.42. The van der Waals surface area contributed by atoms with E-state index in [0.717, 1.165) is 3.57 Å². The molecule has 7 heteroatoms. The molecule has 0 aliphatic heterocycles. The Balaban J connectivity index is 2.16. The van der Waals surface area contributed by atoms with Crippen LogP contribution in [0.5, 0.6) is 5.75 Å². The fourth-order valence-electron chi connectivity index (χ4n) is 2.44. The molecule has 0 bridgehead atoms. The van der Waals surface area contributed by atoms with Gasteiger partial charge in [0.05, 0.1) is 10.2 Å². The first kappa shape index (κ1) is 18.2. The van der Waals surface area contributed by atoms with Gasteiger partial charge in [0.1, 0.15) is 18.0 Å². The van der Waals surface area contributed by atoms with Gasteiger partial charge in [-0.1, -0.05) is 12.1 Å². The summed E-state index contributed by atoms with van der Waals surface area (Å²) in [7, 11) is 1.59. The third kappa shape index (κ3) is 4.90. The number of carboxylic acids is 1. The fourth-order valence-corrected chi connectivity index (χ4v) is 2.95. The normalized spacial score (nSPS) is 24.1. The Labute approximate surface area is 148 Å². The molecule has 6 nitrogen and oxygen atoms in total. The van der Waals surface area contributed by atoms with E-state index in [-0.39, 0.29) is 12.0 Å². The smallest absolute Gasteiger partial charge is 0.331 e. The van der Waals surface area contributed by atoms with Crippen LogP contribution in [0.3, 0.4) is 0 Å². The first-order chi connectivity index (χ1) is 11.0. The van der Waals surface area contributed by atoms with Gasteiger partial charge >= 0.3 is 5.97 Å². The van der Waals surface area contributed by atoms with Crippen LogP contribution in [0.1, 0.15) is 6.42 Å². The Kier molecular flexibility index (Phi) is 6.82. The zero-order chi connectivity index (χ0) is 16.8. The standard InChI is InChI=1S/C16H20INO5/c1-22-7-6-18-12-8-10(16(20)21)9-14(15(12)19)23-13-5-3-2-4-11(13)17/h2-5,9,12,14-15,18-19H,6-8H2,1H3,(H,20,21)/t12-,14+,15+/m1/s1. The summed E-state index contributed by atoms with van der Waals surface area (Å²) in [4.78, 5) is 11.3. The summed E-state index contributed by atoms with van der Waals surface area (Å²) in [6.07, 6.45) is 0.174. The lowest BCUT2D eigenvalue weighted by atomic mass is 9.90. The molecule has 0 aromatic heterocycles. The first-order valence-electron chi connectivity index (χ1n) is 7.28. The number of hydrogen-bond donors (Lipinski definition) is 3. The van der Waals surface area contributed by atoms with Crippen LogP contribution in [0, 0.1) is 3.57 Å². The number of hydrogen-bond acceptors (Lipinski definition) is 5. The molecule has 0 fully saturated rings. The van der Waals surface area contributed by atoms with Crippen molar-refractivity contribution >= 4 is 28.6 Å². The number of carboxylic acid groups (broad SMARTS) is 1. The lowest BCUT2D eigenvalue weighted by Gasteiger charge is -2.33. The topological polar surface area (TPSA) is 88.0 Å². The van der Waals surface area contributed by atoms with Crippen LogP contribution >= 0.6 is 22.6 Å². The molecule has 0 radical (unpaired) electrons. The summed E-state index contributed by atoms with van der Waals surface area (Å²) in [5.41, 5.74) is 0.237.